The van der Waals surface area contributed by atoms with E-state index in [-0.39, 0.29) is 4.87 Å². The SMILES string of the molecule is O=c1sccn1Cc1nnc2n1CCCC2. The number of aryl methyl sites for hydroxylation is 1. The fraction of sp³-hybridized carbons (Fsp3) is 0.500. The summed E-state index contributed by atoms with van der Waals surface area (Å²) in [6.07, 6.45) is 5.18. The van der Waals surface area contributed by atoms with E-state index in [1.54, 1.807) is 16.1 Å². The molecule has 1 aliphatic rings. The highest BCUT2D eigenvalue weighted by Crippen LogP contribution is 2.14. The van der Waals surface area contributed by atoms with Crippen molar-refractivity contribution in [1.29, 1.82) is 0 Å². The average Bonchev–Trinajstić information content (AvgIpc) is 2.88. The van der Waals surface area contributed by atoms with Gasteiger partial charge in [-0.15, -0.1) is 10.2 Å². The normalized spacial score (nSPS) is 15.0. The Kier molecular flexibility index (Phi) is 2.36. The molecule has 84 valence electrons. The second-order valence-electron chi connectivity index (χ2n) is 3.94. The lowest BCUT2D eigenvalue weighted by Crippen LogP contribution is -2.18. The van der Waals surface area contributed by atoms with E-state index in [1.165, 1.54) is 24.2 Å². The van der Waals surface area contributed by atoms with Gasteiger partial charge in [-0.3, -0.25) is 9.36 Å². The molecule has 0 saturated carbocycles. The molecule has 0 saturated heterocycles. The van der Waals surface area contributed by atoms with Crippen LogP contribution in [0.5, 0.6) is 0 Å². The zero-order valence-electron chi connectivity index (χ0n) is 8.80. The van der Waals surface area contributed by atoms with Crippen LogP contribution < -0.4 is 4.87 Å². The first-order valence-electron chi connectivity index (χ1n) is 5.39. The molecule has 0 bridgehead atoms. The van der Waals surface area contributed by atoms with E-state index >= 15 is 0 Å². The van der Waals surface area contributed by atoms with E-state index in [0.29, 0.717) is 6.54 Å². The predicted octanol–water partition coefficient (Wildman–Crippen LogP) is 0.886. The minimum atomic E-state index is 0.0631. The number of thiazole rings is 1. The molecule has 0 spiro atoms. The molecule has 5 nitrogen and oxygen atoms in total. The number of fused-ring (bicyclic) bond motifs is 1. The van der Waals surface area contributed by atoms with Crippen molar-refractivity contribution in [3.63, 3.8) is 0 Å². The van der Waals surface area contributed by atoms with Gasteiger partial charge in [0.25, 0.3) is 0 Å². The van der Waals surface area contributed by atoms with Crippen LogP contribution >= 0.6 is 11.3 Å². The summed E-state index contributed by atoms with van der Waals surface area (Å²) in [6, 6.07) is 0. The predicted molar refractivity (Wildman–Crippen MR) is 60.6 cm³/mol. The first-order chi connectivity index (χ1) is 7.84. The molecule has 3 rings (SSSR count). The summed E-state index contributed by atoms with van der Waals surface area (Å²) in [5, 5.41) is 10.1. The van der Waals surface area contributed by atoms with Crippen LogP contribution in [0.2, 0.25) is 0 Å². The Morgan fingerprint density at radius 1 is 1.38 bits per heavy atom. The molecule has 0 aliphatic carbocycles. The van der Waals surface area contributed by atoms with Crippen LogP contribution in [0, 0.1) is 0 Å². The van der Waals surface area contributed by atoms with Crippen LogP contribution in [0.1, 0.15) is 24.5 Å². The van der Waals surface area contributed by atoms with Gasteiger partial charge in [0.15, 0.2) is 5.82 Å². The van der Waals surface area contributed by atoms with Crippen LogP contribution in [-0.4, -0.2) is 19.3 Å². The summed E-state index contributed by atoms with van der Waals surface area (Å²) in [7, 11) is 0. The summed E-state index contributed by atoms with van der Waals surface area (Å²) < 4.78 is 3.82. The van der Waals surface area contributed by atoms with Crippen LogP contribution in [0.3, 0.4) is 0 Å². The van der Waals surface area contributed by atoms with Crippen molar-refractivity contribution in [2.24, 2.45) is 0 Å². The summed E-state index contributed by atoms with van der Waals surface area (Å²) in [6.45, 7) is 1.52. The van der Waals surface area contributed by atoms with E-state index in [9.17, 15) is 4.79 Å². The Morgan fingerprint density at radius 2 is 2.31 bits per heavy atom. The monoisotopic (exact) mass is 236 g/mol. The van der Waals surface area contributed by atoms with E-state index in [4.69, 9.17) is 0 Å². The van der Waals surface area contributed by atoms with Gasteiger partial charge in [0, 0.05) is 24.5 Å². The van der Waals surface area contributed by atoms with Crippen molar-refractivity contribution in [2.45, 2.75) is 32.4 Å². The minimum absolute atomic E-state index is 0.0631. The molecular weight excluding hydrogens is 224 g/mol. The quantitative estimate of drug-likeness (QED) is 0.778. The van der Waals surface area contributed by atoms with E-state index < -0.39 is 0 Å². The van der Waals surface area contributed by atoms with Crippen molar-refractivity contribution in [3.05, 3.63) is 32.9 Å². The van der Waals surface area contributed by atoms with Crippen molar-refractivity contribution in [2.75, 3.05) is 0 Å². The minimum Gasteiger partial charge on any atom is -0.313 e. The summed E-state index contributed by atoms with van der Waals surface area (Å²) in [5.41, 5.74) is 0. The summed E-state index contributed by atoms with van der Waals surface area (Å²) in [5.74, 6) is 1.96. The van der Waals surface area contributed by atoms with Gasteiger partial charge in [0.05, 0.1) is 6.54 Å². The Morgan fingerprint density at radius 3 is 3.12 bits per heavy atom. The maximum atomic E-state index is 11.4. The molecule has 3 heterocycles. The van der Waals surface area contributed by atoms with Crippen LogP contribution in [0.4, 0.5) is 0 Å². The van der Waals surface area contributed by atoms with Crippen LogP contribution in [0.15, 0.2) is 16.4 Å². The van der Waals surface area contributed by atoms with Gasteiger partial charge in [-0.25, -0.2) is 0 Å². The molecule has 0 fully saturated rings. The standard InChI is InChI=1S/C10H12N4OS/c15-10-13(5-6-16-10)7-9-12-11-8-3-1-2-4-14(8)9/h5-6H,1-4,7H2. The van der Waals surface area contributed by atoms with Crippen molar-refractivity contribution in [1.82, 2.24) is 19.3 Å². The molecule has 0 N–H and O–H groups in total. The van der Waals surface area contributed by atoms with Gasteiger partial charge in [-0.2, -0.15) is 0 Å². The lowest BCUT2D eigenvalue weighted by molar-refractivity contribution is 0.501. The Bertz CT molecular complexity index is 553. The van der Waals surface area contributed by atoms with Gasteiger partial charge in [-0.1, -0.05) is 11.3 Å². The smallest absolute Gasteiger partial charge is 0.307 e. The highest BCUT2D eigenvalue weighted by atomic mass is 32.1. The molecule has 16 heavy (non-hydrogen) atoms. The fourth-order valence-electron chi connectivity index (χ4n) is 2.05. The third-order valence-electron chi connectivity index (χ3n) is 2.89. The van der Waals surface area contributed by atoms with Crippen molar-refractivity contribution >= 4 is 11.3 Å². The van der Waals surface area contributed by atoms with Gasteiger partial charge >= 0.3 is 4.87 Å². The number of hydrogen-bond acceptors (Lipinski definition) is 4. The maximum absolute atomic E-state index is 11.4. The van der Waals surface area contributed by atoms with Crippen molar-refractivity contribution in [3.8, 4) is 0 Å². The highest BCUT2D eigenvalue weighted by Gasteiger charge is 2.15. The Balaban J connectivity index is 1.93. The Labute approximate surface area is 96.4 Å². The number of rotatable bonds is 2. The molecule has 0 atom stereocenters. The number of hydrogen-bond donors (Lipinski definition) is 0. The molecule has 2 aromatic heterocycles. The van der Waals surface area contributed by atoms with Gasteiger partial charge in [-0.05, 0) is 12.8 Å². The lowest BCUT2D eigenvalue weighted by atomic mass is 10.2. The van der Waals surface area contributed by atoms with E-state index in [0.717, 1.165) is 24.6 Å². The first kappa shape index (κ1) is 9.77. The Hall–Kier alpha value is -1.43. The van der Waals surface area contributed by atoms with Gasteiger partial charge in [0.2, 0.25) is 0 Å². The average molecular weight is 236 g/mol. The molecule has 0 unspecified atom stereocenters. The molecular formula is C10H12N4OS. The zero-order chi connectivity index (χ0) is 11.0. The van der Waals surface area contributed by atoms with Gasteiger partial charge in [0.1, 0.15) is 5.82 Å². The summed E-state index contributed by atoms with van der Waals surface area (Å²) in [4.78, 5) is 11.5. The lowest BCUT2D eigenvalue weighted by Gasteiger charge is -2.14. The molecule has 2 aromatic rings. The van der Waals surface area contributed by atoms with Crippen LogP contribution in [-0.2, 0) is 19.5 Å². The van der Waals surface area contributed by atoms with E-state index in [2.05, 4.69) is 14.8 Å². The number of nitrogens with zero attached hydrogens (tertiary/aromatic N) is 4. The largest absolute Gasteiger partial charge is 0.313 e. The third-order valence-corrected chi connectivity index (χ3v) is 3.59. The molecule has 1 aliphatic heterocycles. The van der Waals surface area contributed by atoms with E-state index in [1.807, 2.05) is 0 Å². The summed E-state index contributed by atoms with van der Waals surface area (Å²) >= 11 is 1.21. The fourth-order valence-corrected chi connectivity index (χ4v) is 2.63. The molecule has 0 amide bonds. The second-order valence-corrected chi connectivity index (χ2v) is 4.80. The first-order valence-corrected chi connectivity index (χ1v) is 6.27. The maximum Gasteiger partial charge on any atom is 0.307 e. The molecule has 0 radical (unpaired) electrons. The second kappa shape index (κ2) is 3.86. The molecule has 0 aromatic carbocycles. The third kappa shape index (κ3) is 1.59. The number of aromatic nitrogens is 4. The van der Waals surface area contributed by atoms with Gasteiger partial charge < -0.3 is 4.57 Å². The highest BCUT2D eigenvalue weighted by molar-refractivity contribution is 7.07. The zero-order valence-corrected chi connectivity index (χ0v) is 9.61. The van der Waals surface area contributed by atoms with Crippen molar-refractivity contribution < 1.29 is 0 Å². The van der Waals surface area contributed by atoms with Crippen LogP contribution in [0.25, 0.3) is 0 Å². The topological polar surface area (TPSA) is 52.7 Å². The molecule has 6 heteroatoms.